The second-order valence-electron chi connectivity index (χ2n) is 3.18. The molecular formula is C10H8FNO3. The molecule has 0 bridgehead atoms. The smallest absolute Gasteiger partial charge is 0.333 e. The molecule has 0 aromatic heterocycles. The molecule has 1 fully saturated rings. The first-order valence-corrected chi connectivity index (χ1v) is 4.39. The van der Waals surface area contributed by atoms with Crippen LogP contribution in [0.25, 0.3) is 0 Å². The number of benzene rings is 1. The number of morpholine rings is 1. The summed E-state index contributed by atoms with van der Waals surface area (Å²) in [6.45, 7) is -0.0651. The van der Waals surface area contributed by atoms with Crippen LogP contribution in [0.5, 0.6) is 0 Å². The number of carbonyl (C=O) groups is 2. The first kappa shape index (κ1) is 9.64. The van der Waals surface area contributed by atoms with Gasteiger partial charge in [-0.3, -0.25) is 0 Å². The van der Waals surface area contributed by atoms with E-state index < -0.39 is 17.8 Å². The molecule has 1 heterocycles. The summed E-state index contributed by atoms with van der Waals surface area (Å²) in [7, 11) is 0. The summed E-state index contributed by atoms with van der Waals surface area (Å²) in [5, 5.41) is 0. The van der Waals surface area contributed by atoms with E-state index in [1.807, 2.05) is 0 Å². The molecule has 5 heteroatoms. The lowest BCUT2D eigenvalue weighted by molar-refractivity contribution is -0.160. The van der Waals surface area contributed by atoms with E-state index >= 15 is 0 Å². The van der Waals surface area contributed by atoms with Crippen LogP contribution in [0.3, 0.4) is 0 Å². The lowest BCUT2D eigenvalue weighted by Gasteiger charge is -2.26. The van der Waals surface area contributed by atoms with Gasteiger partial charge >= 0.3 is 11.9 Å². The molecule has 0 aliphatic carbocycles. The van der Waals surface area contributed by atoms with Gasteiger partial charge in [0.05, 0.1) is 0 Å². The Hall–Kier alpha value is -1.91. The van der Waals surface area contributed by atoms with Gasteiger partial charge in [-0.1, -0.05) is 6.07 Å². The van der Waals surface area contributed by atoms with Crippen molar-refractivity contribution in [1.29, 1.82) is 0 Å². The monoisotopic (exact) mass is 209 g/mol. The molecule has 4 nitrogen and oxygen atoms in total. The molecule has 1 aromatic rings. The molecular weight excluding hydrogens is 201 g/mol. The Morgan fingerprint density at radius 2 is 1.87 bits per heavy atom. The summed E-state index contributed by atoms with van der Waals surface area (Å²) in [5.41, 5.74) is 0.500. The zero-order valence-corrected chi connectivity index (χ0v) is 7.77. The Balaban J connectivity index is 2.23. The molecule has 1 aromatic carbocycles. The van der Waals surface area contributed by atoms with Crippen LogP contribution in [0.4, 0.5) is 10.1 Å². The van der Waals surface area contributed by atoms with E-state index in [9.17, 15) is 14.0 Å². The van der Waals surface area contributed by atoms with Crippen molar-refractivity contribution in [2.24, 2.45) is 0 Å². The van der Waals surface area contributed by atoms with Crippen molar-refractivity contribution in [2.75, 3.05) is 18.0 Å². The number of ether oxygens (including phenoxy) is 1. The van der Waals surface area contributed by atoms with Crippen LogP contribution in [0.1, 0.15) is 0 Å². The van der Waals surface area contributed by atoms with Crippen molar-refractivity contribution in [1.82, 2.24) is 0 Å². The fraction of sp³-hybridized carbons (Fsp3) is 0.200. The van der Waals surface area contributed by atoms with Crippen LogP contribution in [0.15, 0.2) is 24.3 Å². The minimum atomic E-state index is -0.615. The number of rotatable bonds is 1. The third-order valence-corrected chi connectivity index (χ3v) is 2.04. The maximum Gasteiger partial charge on any atom is 0.333 e. The van der Waals surface area contributed by atoms with E-state index in [0.29, 0.717) is 5.69 Å². The van der Waals surface area contributed by atoms with Crippen molar-refractivity contribution in [3.8, 4) is 0 Å². The van der Waals surface area contributed by atoms with E-state index in [0.717, 1.165) is 0 Å². The maximum atomic E-state index is 12.9. The van der Waals surface area contributed by atoms with E-state index in [4.69, 9.17) is 0 Å². The van der Waals surface area contributed by atoms with Gasteiger partial charge in [0.2, 0.25) is 0 Å². The molecule has 78 valence electrons. The highest BCUT2D eigenvalue weighted by molar-refractivity contribution is 5.94. The number of hydrogen-bond donors (Lipinski definition) is 0. The van der Waals surface area contributed by atoms with Gasteiger partial charge in [-0.25, -0.2) is 14.0 Å². The number of anilines is 1. The van der Waals surface area contributed by atoms with Crippen molar-refractivity contribution >= 4 is 17.6 Å². The maximum absolute atomic E-state index is 12.9. The highest BCUT2D eigenvalue weighted by Gasteiger charge is 2.24. The summed E-state index contributed by atoms with van der Waals surface area (Å²) in [6, 6.07) is 5.73. The fourth-order valence-electron chi connectivity index (χ4n) is 1.41. The Bertz CT molecular complexity index is 403. The molecule has 0 atom stereocenters. The zero-order chi connectivity index (χ0) is 10.8. The van der Waals surface area contributed by atoms with Crippen LogP contribution >= 0.6 is 0 Å². The first-order chi connectivity index (χ1) is 7.15. The molecule has 2 rings (SSSR count). The molecule has 1 aliphatic rings. The molecule has 0 amide bonds. The van der Waals surface area contributed by atoms with Crippen molar-refractivity contribution in [3.05, 3.63) is 30.1 Å². The Labute approximate surface area is 85.2 Å². The quantitative estimate of drug-likeness (QED) is 0.505. The van der Waals surface area contributed by atoms with Gasteiger partial charge in [0.25, 0.3) is 0 Å². The van der Waals surface area contributed by atoms with Gasteiger partial charge < -0.3 is 9.64 Å². The number of hydrogen-bond acceptors (Lipinski definition) is 4. The minimum Gasteiger partial charge on any atom is -0.390 e. The van der Waals surface area contributed by atoms with E-state index in [1.54, 1.807) is 6.07 Å². The summed E-state index contributed by atoms with van der Waals surface area (Å²) in [5.74, 6) is -1.63. The molecule has 0 saturated carbocycles. The molecule has 1 saturated heterocycles. The molecule has 1 aliphatic heterocycles. The summed E-state index contributed by atoms with van der Waals surface area (Å²) < 4.78 is 17.2. The third kappa shape index (κ3) is 2.12. The lowest BCUT2D eigenvalue weighted by Crippen LogP contribution is -2.42. The van der Waals surface area contributed by atoms with Gasteiger partial charge in [-0.15, -0.1) is 0 Å². The topological polar surface area (TPSA) is 46.6 Å². The average molecular weight is 209 g/mol. The molecule has 15 heavy (non-hydrogen) atoms. The predicted octanol–water partition coefficient (Wildman–Crippen LogP) is 0.716. The number of carbonyl (C=O) groups excluding carboxylic acids is 2. The number of esters is 2. The molecule has 0 radical (unpaired) electrons. The van der Waals surface area contributed by atoms with Crippen LogP contribution < -0.4 is 4.90 Å². The predicted molar refractivity (Wildman–Crippen MR) is 49.7 cm³/mol. The molecule has 0 spiro atoms. The second kappa shape index (κ2) is 3.68. The minimum absolute atomic E-state index is 0.0325. The standard InChI is InChI=1S/C10H8FNO3/c11-7-2-1-3-8(4-7)12-5-9(13)15-10(14)6-12/h1-4H,5-6H2. The highest BCUT2D eigenvalue weighted by Crippen LogP contribution is 2.17. The largest absolute Gasteiger partial charge is 0.390 e. The van der Waals surface area contributed by atoms with E-state index in [-0.39, 0.29) is 13.1 Å². The second-order valence-corrected chi connectivity index (χ2v) is 3.18. The Morgan fingerprint density at radius 3 is 2.47 bits per heavy atom. The van der Waals surface area contributed by atoms with E-state index in [1.165, 1.54) is 23.1 Å². The van der Waals surface area contributed by atoms with Crippen molar-refractivity contribution < 1.29 is 18.7 Å². The third-order valence-electron chi connectivity index (χ3n) is 2.04. The van der Waals surface area contributed by atoms with Crippen LogP contribution in [0.2, 0.25) is 0 Å². The van der Waals surface area contributed by atoms with Gasteiger partial charge in [-0.2, -0.15) is 0 Å². The van der Waals surface area contributed by atoms with Crippen molar-refractivity contribution in [3.63, 3.8) is 0 Å². The molecule has 0 unspecified atom stereocenters. The fourth-order valence-corrected chi connectivity index (χ4v) is 1.41. The van der Waals surface area contributed by atoms with Crippen LogP contribution in [-0.4, -0.2) is 25.0 Å². The summed E-state index contributed by atoms with van der Waals surface area (Å²) in [4.78, 5) is 23.4. The number of cyclic esters (lactones) is 2. The SMILES string of the molecule is O=C1CN(c2cccc(F)c2)CC(=O)O1. The average Bonchev–Trinajstić information content (AvgIpc) is 2.16. The van der Waals surface area contributed by atoms with Gasteiger partial charge in [0.15, 0.2) is 0 Å². The van der Waals surface area contributed by atoms with Gasteiger partial charge in [0, 0.05) is 5.69 Å². The summed E-state index contributed by atoms with van der Waals surface area (Å²) in [6.07, 6.45) is 0. The van der Waals surface area contributed by atoms with Crippen LogP contribution in [0, 0.1) is 5.82 Å². The van der Waals surface area contributed by atoms with Crippen LogP contribution in [-0.2, 0) is 14.3 Å². The number of nitrogens with zero attached hydrogens (tertiary/aromatic N) is 1. The van der Waals surface area contributed by atoms with Gasteiger partial charge in [-0.05, 0) is 18.2 Å². The van der Waals surface area contributed by atoms with Crippen molar-refractivity contribution in [2.45, 2.75) is 0 Å². The zero-order valence-electron chi connectivity index (χ0n) is 7.77. The lowest BCUT2D eigenvalue weighted by atomic mass is 10.2. The summed E-state index contributed by atoms with van der Waals surface area (Å²) >= 11 is 0. The highest BCUT2D eigenvalue weighted by atomic mass is 19.1. The Morgan fingerprint density at radius 1 is 1.20 bits per heavy atom. The molecule has 0 N–H and O–H groups in total. The van der Waals surface area contributed by atoms with Gasteiger partial charge in [0.1, 0.15) is 18.9 Å². The Kier molecular flexibility index (Phi) is 2.37. The van der Waals surface area contributed by atoms with E-state index in [2.05, 4.69) is 4.74 Å². The normalized spacial score (nSPS) is 16.5. The number of halogens is 1. The first-order valence-electron chi connectivity index (χ1n) is 4.39.